The van der Waals surface area contributed by atoms with Crippen molar-refractivity contribution in [3.63, 3.8) is 0 Å². The summed E-state index contributed by atoms with van der Waals surface area (Å²) in [6.45, 7) is 26.5. The van der Waals surface area contributed by atoms with Gasteiger partial charge in [0.05, 0.1) is 0 Å². The summed E-state index contributed by atoms with van der Waals surface area (Å²) >= 11 is -2.39. The van der Waals surface area contributed by atoms with Crippen LogP contribution in [0.5, 0.6) is 0 Å². The van der Waals surface area contributed by atoms with Crippen LogP contribution in [0.1, 0.15) is 103 Å². The van der Waals surface area contributed by atoms with E-state index < -0.39 is 26.6 Å². The van der Waals surface area contributed by atoms with Gasteiger partial charge >= 0.3 is 290 Å². The van der Waals surface area contributed by atoms with Crippen LogP contribution in [-0.2, 0) is 31.4 Å². The zero-order chi connectivity index (χ0) is 33.1. The molecule has 0 saturated carbocycles. The van der Waals surface area contributed by atoms with Crippen LogP contribution in [0.25, 0.3) is 34.4 Å². The van der Waals surface area contributed by atoms with Crippen molar-refractivity contribution in [2.75, 3.05) is 0 Å². The maximum atomic E-state index is 2.69. The van der Waals surface area contributed by atoms with E-state index in [1.165, 1.54) is 44.5 Å². The van der Waals surface area contributed by atoms with Gasteiger partial charge in [0.25, 0.3) is 0 Å². The maximum absolute atomic E-state index is 2.69. The first-order chi connectivity index (χ1) is 21.7. The number of halogens is 2. The van der Waals surface area contributed by atoms with Crippen molar-refractivity contribution < 1.29 is 45.4 Å². The largest absolute Gasteiger partial charge is 1.00 e. The predicted octanol–water partition coefficient (Wildman–Crippen LogP) is 6.48. The summed E-state index contributed by atoms with van der Waals surface area (Å²) in [7, 11) is 0. The van der Waals surface area contributed by atoms with E-state index in [0.29, 0.717) is 13.3 Å². The molecule has 0 bridgehead atoms. The molecule has 0 heterocycles. The number of rotatable bonds is 6. The Bertz CT molecular complexity index is 1820. The molecule has 2 atom stereocenters. The molecule has 0 nitrogen and oxygen atoms in total. The van der Waals surface area contributed by atoms with Crippen LogP contribution in [0, 0.1) is 5.92 Å². The van der Waals surface area contributed by atoms with Gasteiger partial charge in [-0.3, -0.25) is 0 Å². The molecule has 0 spiro atoms. The minimum Gasteiger partial charge on any atom is -1.00 e. The van der Waals surface area contributed by atoms with Crippen molar-refractivity contribution in [3.05, 3.63) is 129 Å². The molecule has 0 N–H and O–H groups in total. The van der Waals surface area contributed by atoms with Gasteiger partial charge in [-0.05, 0) is 0 Å². The monoisotopic (exact) mass is 859 g/mol. The van der Waals surface area contributed by atoms with E-state index >= 15 is 0 Å². The van der Waals surface area contributed by atoms with Gasteiger partial charge in [-0.1, -0.05) is 0 Å². The topological polar surface area (TPSA) is 0 Å². The Labute approximate surface area is 312 Å². The fourth-order valence-corrected chi connectivity index (χ4v) is 41.0. The summed E-state index contributed by atoms with van der Waals surface area (Å²) in [5.74, 6) is -0.373. The normalized spacial score (nSPS) is 16.9. The molecule has 251 valence electrons. The van der Waals surface area contributed by atoms with E-state index in [1.807, 2.05) is 0 Å². The third-order valence-corrected chi connectivity index (χ3v) is 41.5. The van der Waals surface area contributed by atoms with Crippen molar-refractivity contribution in [3.8, 4) is 22.3 Å². The van der Waals surface area contributed by atoms with Gasteiger partial charge in [-0.25, -0.2) is 0 Å². The molecule has 0 saturated heterocycles. The molecule has 6 rings (SSSR count). The Balaban J connectivity index is 0.00000260. The number of benzene rings is 4. The Kier molecular flexibility index (Phi) is 11.9. The first-order valence-electron chi connectivity index (χ1n) is 17.4. The van der Waals surface area contributed by atoms with Gasteiger partial charge in [0.2, 0.25) is 0 Å². The van der Waals surface area contributed by atoms with Crippen LogP contribution >= 0.6 is 0 Å². The average molecular weight is 859 g/mol. The summed E-state index contributed by atoms with van der Waals surface area (Å²) < 4.78 is 1.32. The van der Waals surface area contributed by atoms with Gasteiger partial charge in [0.15, 0.2) is 0 Å². The third kappa shape index (κ3) is 7.25. The smallest absolute Gasteiger partial charge is 1.00 e. The Hall–Kier alpha value is -1.97. The Morgan fingerprint density at radius 1 is 0.583 bits per heavy atom. The van der Waals surface area contributed by atoms with Crippen LogP contribution in [0.4, 0.5) is 0 Å². The summed E-state index contributed by atoms with van der Waals surface area (Å²) in [6, 6.07) is 33.2. The zero-order valence-electron chi connectivity index (χ0n) is 30.8. The third-order valence-electron chi connectivity index (χ3n) is 10.5. The van der Waals surface area contributed by atoms with Gasteiger partial charge in [0, 0.05) is 0 Å². The van der Waals surface area contributed by atoms with Crippen LogP contribution < -0.4 is 24.8 Å². The number of hydrogen-bond donors (Lipinski definition) is 0. The van der Waals surface area contributed by atoms with Gasteiger partial charge in [0.1, 0.15) is 0 Å². The summed E-state index contributed by atoms with van der Waals surface area (Å²) in [6.07, 6.45) is 5.22. The van der Waals surface area contributed by atoms with Crippen molar-refractivity contribution in [1.82, 2.24) is 0 Å². The van der Waals surface area contributed by atoms with Crippen LogP contribution in [0.15, 0.2) is 96.1 Å². The van der Waals surface area contributed by atoms with Gasteiger partial charge in [-0.2, -0.15) is 0 Å². The molecule has 4 aromatic carbocycles. The second-order valence-electron chi connectivity index (χ2n) is 16.5. The maximum Gasteiger partial charge on any atom is -1.00 e. The van der Waals surface area contributed by atoms with Crippen LogP contribution in [0.2, 0.25) is 13.1 Å². The molecule has 2 unspecified atom stereocenters. The molecule has 4 heteroatoms. The van der Waals surface area contributed by atoms with Crippen molar-refractivity contribution in [2.24, 2.45) is 5.92 Å². The molecular weight excluding hydrogens is 806 g/mol. The van der Waals surface area contributed by atoms with E-state index in [2.05, 4.69) is 172 Å². The van der Waals surface area contributed by atoms with E-state index in [1.54, 1.807) is 22.3 Å². The van der Waals surface area contributed by atoms with Crippen LogP contribution in [0.3, 0.4) is 0 Å². The second kappa shape index (κ2) is 14.7. The minimum atomic E-state index is -2.39. The molecule has 0 radical (unpaired) electrons. The molecule has 4 aromatic rings. The molecule has 0 aromatic heterocycles. The standard InChI is InChI=1S/C22H25.C20H21.C2H7Si.2ClH.Hf/c1-15(2)18-13-17-7-6-8-20(21(17)14-18)16-9-11-19(12-10-16)22(3,4)5;1-14-12-16-6-5-7-18(19(16)13-14)15-8-10-17(11-9-15)20(2,3)4;1-3-2;;;/h6-15H,1-5H3;5-13H,1-4H3;3H,1-2H3;2*1H;/q;;;;;+2/p-2. The van der Waals surface area contributed by atoms with Crippen molar-refractivity contribution in [1.29, 1.82) is 0 Å². The van der Waals surface area contributed by atoms with Crippen molar-refractivity contribution in [2.45, 2.75) is 93.6 Å². The molecule has 0 amide bonds. The SMILES string of the molecule is CC1=Cc2c(-c3ccc(C(C)(C)C)cc3)cccc2[CH]1[Hf+2]([CH]1C(C(C)C)=Cc2c(-c3ccc(C(C)(C)C)cc3)cccc21)[SiH](C)C.[Cl-].[Cl-]. The Morgan fingerprint density at radius 3 is 1.40 bits per heavy atom. The molecule has 0 fully saturated rings. The quantitative estimate of drug-likeness (QED) is 0.195. The first-order valence-corrected chi connectivity index (χ1v) is 30.7. The van der Waals surface area contributed by atoms with Crippen molar-refractivity contribution >= 4 is 18.1 Å². The average Bonchev–Trinajstić information content (AvgIpc) is 3.54. The van der Waals surface area contributed by atoms with Crippen LogP contribution in [-0.4, -0.2) is 5.98 Å². The minimum absolute atomic E-state index is 0. The predicted molar refractivity (Wildman–Crippen MR) is 202 cm³/mol. The van der Waals surface area contributed by atoms with E-state index in [9.17, 15) is 0 Å². The summed E-state index contributed by atoms with van der Waals surface area (Å²) in [5.41, 5.74) is 18.2. The second-order valence-corrected chi connectivity index (χ2v) is 44.4. The number of allylic oxidation sites excluding steroid dienone is 2. The summed E-state index contributed by atoms with van der Waals surface area (Å²) in [4.78, 5) is 0. The fraction of sp³-hybridized carbons (Fsp3) is 0.364. The number of fused-ring (bicyclic) bond motifs is 2. The molecule has 2 aliphatic carbocycles. The summed E-state index contributed by atoms with van der Waals surface area (Å²) in [5, 5.41) is 0. The molecule has 0 aliphatic heterocycles. The number of hydrogen-bond acceptors (Lipinski definition) is 0. The molecule has 2 aliphatic rings. The zero-order valence-corrected chi connectivity index (χ0v) is 37.1. The first kappa shape index (κ1) is 38.8. The molecular formula is C44H53Cl2HfSi. The van der Waals surface area contributed by atoms with E-state index in [4.69, 9.17) is 0 Å². The Morgan fingerprint density at radius 2 is 1.00 bits per heavy atom. The van der Waals surface area contributed by atoms with Gasteiger partial charge < -0.3 is 24.8 Å². The van der Waals surface area contributed by atoms with Gasteiger partial charge in [-0.15, -0.1) is 0 Å². The molecule has 48 heavy (non-hydrogen) atoms. The fourth-order valence-electron chi connectivity index (χ4n) is 7.93. The van der Waals surface area contributed by atoms with E-state index in [-0.39, 0.29) is 35.6 Å². The van der Waals surface area contributed by atoms with E-state index in [0.717, 1.165) is 0 Å².